The molecule has 1 heterocycles. The van der Waals surface area contributed by atoms with Crippen molar-refractivity contribution < 1.29 is 243 Å². The molecule has 3 aromatic carbocycles. The molecule has 3 aromatic rings. The summed E-state index contributed by atoms with van der Waals surface area (Å²) in [7, 11) is 1.88. The van der Waals surface area contributed by atoms with E-state index >= 15 is 0 Å². The van der Waals surface area contributed by atoms with Gasteiger partial charge in [-0.2, -0.15) is 0 Å². The van der Waals surface area contributed by atoms with Crippen molar-refractivity contribution in [2.45, 2.75) is 19.8 Å². The summed E-state index contributed by atoms with van der Waals surface area (Å²) in [5.41, 5.74) is 4.93. The number of rotatable bonds is 6. The maximum Gasteiger partial charge on any atom is 0.266 e. The Bertz CT molecular complexity index is 1160. The van der Waals surface area contributed by atoms with Crippen molar-refractivity contribution in [3.8, 4) is 0 Å². The van der Waals surface area contributed by atoms with Crippen LogP contribution >= 0.6 is 0 Å². The summed E-state index contributed by atoms with van der Waals surface area (Å²) in [6.45, 7) is 1.77. The molecular formula is C27H28N2O3Y7-2. The van der Waals surface area contributed by atoms with Gasteiger partial charge in [0.25, 0.3) is 11.8 Å². The molecule has 2 amide bonds. The van der Waals surface area contributed by atoms with E-state index in [0.717, 1.165) is 17.7 Å². The second kappa shape index (κ2) is 27.1. The second-order valence-corrected chi connectivity index (χ2v) is 7.27. The van der Waals surface area contributed by atoms with Gasteiger partial charge in [-0.05, 0) is 53.9 Å². The van der Waals surface area contributed by atoms with Gasteiger partial charge in [0, 0.05) is 254 Å². The van der Waals surface area contributed by atoms with Gasteiger partial charge < -0.3 is 20.2 Å². The van der Waals surface area contributed by atoms with E-state index in [9.17, 15) is 14.4 Å². The van der Waals surface area contributed by atoms with E-state index in [1.807, 2.05) is 31.3 Å². The first-order chi connectivity index (χ1) is 14.5. The van der Waals surface area contributed by atoms with E-state index < -0.39 is 5.91 Å². The number of Topliss-reactive ketones (excluding diaryl/α,β-unsaturated/α-hetero) is 1. The van der Waals surface area contributed by atoms with Crippen LogP contribution in [-0.4, -0.2) is 24.6 Å². The van der Waals surface area contributed by atoms with Crippen molar-refractivity contribution in [2.75, 3.05) is 17.3 Å². The van der Waals surface area contributed by atoms with Crippen LogP contribution < -0.4 is 10.2 Å². The van der Waals surface area contributed by atoms with Gasteiger partial charge in [-0.15, -0.1) is 0 Å². The molecule has 0 atom stereocenters. The van der Waals surface area contributed by atoms with E-state index in [1.165, 1.54) is 16.5 Å². The fraction of sp³-hybridized carbons (Fsp3) is 0.148. The quantitative estimate of drug-likeness (QED) is 0.199. The van der Waals surface area contributed by atoms with Crippen LogP contribution in [0.25, 0.3) is 0 Å². The summed E-state index contributed by atoms with van der Waals surface area (Å²) in [4.78, 5) is 38.8. The maximum atomic E-state index is 12.9. The Morgan fingerprint density at radius 2 is 1.15 bits per heavy atom. The SMILES string of the molecule is CCC(=O)c1ccc2c(c1)C(=O)N(c1ccc(Cc3ccc(NC)cc3)cc1)C2=O.[CH3-].[CH3-].[Y].[Y].[Y].[Y].[Y].[Y].[Y]. The predicted molar refractivity (Wildman–Crippen MR) is 130 cm³/mol. The zero-order chi connectivity index (χ0) is 21.3. The minimum absolute atomic E-state index is 0. The summed E-state index contributed by atoms with van der Waals surface area (Å²) in [6, 6.07) is 20.3. The molecule has 1 aliphatic heterocycles. The molecule has 0 bridgehead atoms. The number of imide groups is 1. The van der Waals surface area contributed by atoms with Gasteiger partial charge in [0.1, 0.15) is 0 Å². The van der Waals surface area contributed by atoms with Crippen molar-refractivity contribution in [1.82, 2.24) is 0 Å². The van der Waals surface area contributed by atoms with E-state index in [0.29, 0.717) is 23.2 Å². The Labute approximate surface area is 409 Å². The predicted octanol–water partition coefficient (Wildman–Crippen LogP) is 5.60. The smallest absolute Gasteiger partial charge is 0.266 e. The van der Waals surface area contributed by atoms with Crippen LogP contribution in [0.1, 0.15) is 55.5 Å². The first-order valence-corrected chi connectivity index (χ1v) is 9.93. The molecule has 0 fully saturated rings. The molecule has 5 nitrogen and oxygen atoms in total. The zero-order valence-electron chi connectivity index (χ0n) is 23.0. The Morgan fingerprint density at radius 1 is 0.692 bits per heavy atom. The summed E-state index contributed by atoms with van der Waals surface area (Å²) in [5.74, 6) is -0.805. The Hall–Kier alpha value is 4.00. The molecule has 4 rings (SSSR count). The van der Waals surface area contributed by atoms with Crippen molar-refractivity contribution in [3.05, 3.63) is 109 Å². The van der Waals surface area contributed by atoms with Crippen LogP contribution in [0.3, 0.4) is 0 Å². The zero-order valence-corrected chi connectivity index (χ0v) is 42.8. The van der Waals surface area contributed by atoms with Gasteiger partial charge in [0.05, 0.1) is 16.8 Å². The van der Waals surface area contributed by atoms with E-state index in [-0.39, 0.29) is 261 Å². The summed E-state index contributed by atoms with van der Waals surface area (Å²) in [6.07, 6.45) is 1.11. The van der Waals surface area contributed by atoms with Crippen LogP contribution in [0.5, 0.6) is 0 Å². The van der Waals surface area contributed by atoms with Gasteiger partial charge in [0.15, 0.2) is 5.78 Å². The molecular weight excluding hydrogens is 1020 g/mol. The Morgan fingerprint density at radius 3 is 1.62 bits per heavy atom. The third-order valence-electron chi connectivity index (χ3n) is 5.38. The molecule has 0 spiro atoms. The topological polar surface area (TPSA) is 66.5 Å². The van der Waals surface area contributed by atoms with Crippen molar-refractivity contribution in [2.24, 2.45) is 0 Å². The number of ketones is 1. The number of hydrogen-bond acceptors (Lipinski definition) is 4. The van der Waals surface area contributed by atoms with Gasteiger partial charge in [-0.3, -0.25) is 14.4 Å². The molecule has 0 aliphatic carbocycles. The molecule has 0 aromatic heterocycles. The number of amides is 2. The minimum atomic E-state index is -0.392. The number of benzene rings is 3. The van der Waals surface area contributed by atoms with Crippen LogP contribution in [0, 0.1) is 14.9 Å². The normalized spacial score (nSPS) is 9.85. The number of nitrogens with one attached hydrogen (secondary N) is 1. The molecule has 7 radical (unpaired) electrons. The van der Waals surface area contributed by atoms with Crippen LogP contribution in [0.15, 0.2) is 66.7 Å². The van der Waals surface area contributed by atoms with Gasteiger partial charge >= 0.3 is 0 Å². The fourth-order valence-electron chi connectivity index (χ4n) is 3.64. The second-order valence-electron chi connectivity index (χ2n) is 7.27. The molecule has 1 aliphatic rings. The molecule has 0 saturated heterocycles. The first kappa shape index (κ1) is 55.4. The Balaban J connectivity index is -0.000000302. The molecule has 0 saturated carbocycles. The van der Waals surface area contributed by atoms with Crippen LogP contribution in [-0.2, 0) is 235 Å². The number of fused-ring (bicyclic) bond motifs is 1. The van der Waals surface area contributed by atoms with Crippen LogP contribution in [0.2, 0.25) is 0 Å². The van der Waals surface area contributed by atoms with Gasteiger partial charge in [-0.1, -0.05) is 37.3 Å². The molecule has 0 unspecified atom stereocenters. The number of hydrogen-bond donors (Lipinski definition) is 1. The largest absolute Gasteiger partial charge is 0.388 e. The van der Waals surface area contributed by atoms with Crippen molar-refractivity contribution in [1.29, 1.82) is 0 Å². The molecule has 12 heteroatoms. The third kappa shape index (κ3) is 14.1. The standard InChI is InChI=1S/C25H22N2O3.2CH3.7Y/c1-3-23(28)18-8-13-21-22(15-18)25(30)27(24(21)29)20-11-6-17(7-12-20)14-16-4-9-19(26-2)10-5-16;;;;;;;;;/h4-13,15,26H,3,14H2,1-2H3;2*1H3;;;;;;;/q;2*-1;;;;;;;. The first-order valence-electron chi connectivity index (χ1n) is 9.93. The molecule has 187 valence electrons. The van der Waals surface area contributed by atoms with Gasteiger partial charge in [0.2, 0.25) is 0 Å². The molecule has 39 heavy (non-hydrogen) atoms. The van der Waals surface area contributed by atoms with E-state index in [1.54, 1.807) is 31.2 Å². The molecule has 1 N–H and O–H groups in total. The Kier molecular flexibility index (Phi) is 38.6. The van der Waals surface area contributed by atoms with Crippen molar-refractivity contribution >= 4 is 29.0 Å². The minimum Gasteiger partial charge on any atom is -0.388 e. The maximum absolute atomic E-state index is 12.9. The van der Waals surface area contributed by atoms with Gasteiger partial charge in [-0.25, -0.2) is 4.90 Å². The summed E-state index contributed by atoms with van der Waals surface area (Å²) < 4.78 is 0. The number of anilines is 2. The summed E-state index contributed by atoms with van der Waals surface area (Å²) >= 11 is 0. The third-order valence-corrected chi connectivity index (χ3v) is 5.38. The van der Waals surface area contributed by atoms with Crippen molar-refractivity contribution in [3.63, 3.8) is 0 Å². The monoisotopic (exact) mass is 1050 g/mol. The summed E-state index contributed by atoms with van der Waals surface area (Å²) in [5, 5.41) is 3.10. The fourth-order valence-corrected chi connectivity index (χ4v) is 3.64. The average molecular weight is 1050 g/mol. The van der Waals surface area contributed by atoms with Crippen LogP contribution in [0.4, 0.5) is 11.4 Å². The number of carbonyl (C=O) groups excluding carboxylic acids is 3. The van der Waals surface area contributed by atoms with E-state index in [2.05, 4.69) is 17.4 Å². The average Bonchev–Trinajstić information content (AvgIpc) is 3.04. The number of nitrogens with zero attached hydrogens (tertiary/aromatic N) is 1. The van der Waals surface area contributed by atoms with E-state index in [4.69, 9.17) is 0 Å². The number of carbonyl (C=O) groups is 3.